The van der Waals surface area contributed by atoms with Gasteiger partial charge in [0, 0.05) is 25.2 Å². The summed E-state index contributed by atoms with van der Waals surface area (Å²) in [5.41, 5.74) is 6.85. The van der Waals surface area contributed by atoms with E-state index in [9.17, 15) is 0 Å². The molecule has 0 unspecified atom stereocenters. The van der Waals surface area contributed by atoms with E-state index in [2.05, 4.69) is 21.5 Å². The Morgan fingerprint density at radius 2 is 1.93 bits per heavy atom. The lowest BCUT2D eigenvalue weighted by molar-refractivity contribution is 0.0339. The van der Waals surface area contributed by atoms with Crippen molar-refractivity contribution < 1.29 is 9.47 Å². The van der Waals surface area contributed by atoms with E-state index in [1.807, 2.05) is 25.1 Å². The number of hydrogen-bond acceptors (Lipinski definition) is 5. The van der Waals surface area contributed by atoms with Crippen LogP contribution in [-0.2, 0) is 11.3 Å². The van der Waals surface area contributed by atoms with Crippen LogP contribution >= 0.6 is 23.2 Å². The number of ether oxygens (including phenoxy) is 2. The molecule has 0 spiro atoms. The van der Waals surface area contributed by atoms with Gasteiger partial charge in [-0.25, -0.2) is 0 Å². The van der Waals surface area contributed by atoms with Crippen molar-refractivity contribution in [3.8, 4) is 5.75 Å². The lowest BCUT2D eigenvalue weighted by atomic mass is 10.1. The third-order valence-corrected chi connectivity index (χ3v) is 5.21. The second-order valence-electron chi connectivity index (χ2n) is 6.35. The van der Waals surface area contributed by atoms with Crippen LogP contribution in [0.2, 0.25) is 10.0 Å². The highest BCUT2D eigenvalue weighted by Gasteiger charge is 2.14. The molecule has 0 atom stereocenters. The third-order valence-electron chi connectivity index (χ3n) is 4.47. The molecule has 0 saturated carbocycles. The molecule has 5 nitrogen and oxygen atoms in total. The normalized spacial score (nSPS) is 15.6. The van der Waals surface area contributed by atoms with E-state index in [-0.39, 0.29) is 0 Å². The zero-order valence-electron chi connectivity index (χ0n) is 15.5. The number of morpholine rings is 1. The molecule has 1 N–H and O–H groups in total. The Kier molecular flexibility index (Phi) is 6.96. The van der Waals surface area contributed by atoms with Gasteiger partial charge in [0.1, 0.15) is 5.75 Å². The molecule has 1 aliphatic rings. The summed E-state index contributed by atoms with van der Waals surface area (Å²) in [6.07, 6.45) is 0. The Hall–Kier alpha value is -1.79. The molecule has 2 aromatic rings. The van der Waals surface area contributed by atoms with Crippen molar-refractivity contribution >= 4 is 34.6 Å². The fourth-order valence-electron chi connectivity index (χ4n) is 2.91. The predicted molar refractivity (Wildman–Crippen MR) is 111 cm³/mol. The van der Waals surface area contributed by atoms with Gasteiger partial charge in [-0.15, -0.1) is 0 Å². The Morgan fingerprint density at radius 3 is 2.63 bits per heavy atom. The first-order valence-corrected chi connectivity index (χ1v) is 9.55. The number of halogens is 2. The van der Waals surface area contributed by atoms with E-state index in [1.54, 1.807) is 19.2 Å². The van der Waals surface area contributed by atoms with Crippen molar-refractivity contribution in [2.24, 2.45) is 5.10 Å². The number of hydrogen-bond donors (Lipinski definition) is 1. The Morgan fingerprint density at radius 1 is 1.15 bits per heavy atom. The maximum absolute atomic E-state index is 6.05. The fourth-order valence-corrected chi connectivity index (χ4v) is 3.20. The minimum atomic E-state index is 0.492. The number of rotatable bonds is 6. The highest BCUT2D eigenvalue weighted by molar-refractivity contribution is 6.42. The molecular formula is C20H23Cl2N3O2. The molecule has 27 heavy (non-hydrogen) atoms. The molecule has 144 valence electrons. The first-order valence-electron chi connectivity index (χ1n) is 8.79. The first-order chi connectivity index (χ1) is 13.1. The minimum absolute atomic E-state index is 0.492. The molecule has 0 aliphatic carbocycles. The van der Waals surface area contributed by atoms with Gasteiger partial charge in [-0.2, -0.15) is 5.10 Å². The van der Waals surface area contributed by atoms with Crippen LogP contribution in [0.4, 0.5) is 5.69 Å². The van der Waals surface area contributed by atoms with E-state index in [4.69, 9.17) is 32.7 Å². The SMILES string of the molecule is COc1ccc(/C(C)=N\Nc2ccc(Cl)c(Cl)c2)cc1CN1CCOCC1. The highest BCUT2D eigenvalue weighted by Crippen LogP contribution is 2.25. The van der Waals surface area contributed by atoms with Crippen molar-refractivity contribution in [3.05, 3.63) is 57.6 Å². The van der Waals surface area contributed by atoms with Crippen LogP contribution in [0.5, 0.6) is 5.75 Å². The number of methoxy groups -OCH3 is 1. The van der Waals surface area contributed by atoms with E-state index < -0.39 is 0 Å². The van der Waals surface area contributed by atoms with Crippen molar-refractivity contribution in [1.82, 2.24) is 4.90 Å². The monoisotopic (exact) mass is 407 g/mol. The fraction of sp³-hybridized carbons (Fsp3) is 0.350. The molecule has 1 fully saturated rings. The van der Waals surface area contributed by atoms with Gasteiger partial charge in [-0.1, -0.05) is 23.2 Å². The maximum Gasteiger partial charge on any atom is 0.123 e. The summed E-state index contributed by atoms with van der Waals surface area (Å²) < 4.78 is 11.0. The second kappa shape index (κ2) is 9.42. The highest BCUT2D eigenvalue weighted by atomic mass is 35.5. The van der Waals surface area contributed by atoms with Crippen molar-refractivity contribution in [2.45, 2.75) is 13.5 Å². The Labute approximate surface area is 169 Å². The second-order valence-corrected chi connectivity index (χ2v) is 7.17. The van der Waals surface area contributed by atoms with E-state index in [0.717, 1.165) is 61.1 Å². The lowest BCUT2D eigenvalue weighted by Crippen LogP contribution is -2.35. The Balaban J connectivity index is 1.75. The van der Waals surface area contributed by atoms with Crippen LogP contribution in [0, 0.1) is 0 Å². The maximum atomic E-state index is 6.05. The lowest BCUT2D eigenvalue weighted by Gasteiger charge is -2.27. The van der Waals surface area contributed by atoms with Gasteiger partial charge in [-0.05, 0) is 48.9 Å². The van der Waals surface area contributed by atoms with Crippen LogP contribution in [0.15, 0.2) is 41.5 Å². The average molecular weight is 408 g/mol. The van der Waals surface area contributed by atoms with Gasteiger partial charge in [0.2, 0.25) is 0 Å². The standard InChI is InChI=1S/C20H23Cl2N3O2/c1-14(23-24-17-4-5-18(21)19(22)12-17)15-3-6-20(26-2)16(11-15)13-25-7-9-27-10-8-25/h3-6,11-12,24H,7-10,13H2,1-2H3/b23-14-. The summed E-state index contributed by atoms with van der Waals surface area (Å²) in [5, 5.41) is 5.48. The Bertz CT molecular complexity index is 821. The number of benzene rings is 2. The van der Waals surface area contributed by atoms with Crippen LogP contribution in [-0.4, -0.2) is 44.0 Å². The predicted octanol–water partition coefficient (Wildman–Crippen LogP) is 4.67. The third kappa shape index (κ3) is 5.36. The quantitative estimate of drug-likeness (QED) is 0.558. The molecule has 1 heterocycles. The van der Waals surface area contributed by atoms with Gasteiger partial charge in [-0.3, -0.25) is 10.3 Å². The van der Waals surface area contributed by atoms with Gasteiger partial charge >= 0.3 is 0 Å². The first kappa shape index (κ1) is 20.0. The van der Waals surface area contributed by atoms with E-state index in [1.165, 1.54) is 0 Å². The summed E-state index contributed by atoms with van der Waals surface area (Å²) >= 11 is 12.0. The molecule has 1 aliphatic heterocycles. The summed E-state index contributed by atoms with van der Waals surface area (Å²) in [4.78, 5) is 2.37. The zero-order chi connectivity index (χ0) is 19.2. The van der Waals surface area contributed by atoms with Crippen molar-refractivity contribution in [2.75, 3.05) is 38.8 Å². The van der Waals surface area contributed by atoms with Gasteiger partial charge in [0.15, 0.2) is 0 Å². The number of nitrogens with zero attached hydrogens (tertiary/aromatic N) is 2. The molecule has 7 heteroatoms. The van der Waals surface area contributed by atoms with Crippen molar-refractivity contribution in [3.63, 3.8) is 0 Å². The summed E-state index contributed by atoms with van der Waals surface area (Å²) in [7, 11) is 1.70. The average Bonchev–Trinajstić information content (AvgIpc) is 2.69. The van der Waals surface area contributed by atoms with Crippen LogP contribution < -0.4 is 10.2 Å². The number of anilines is 1. The molecule has 2 aromatic carbocycles. The molecule has 1 saturated heterocycles. The largest absolute Gasteiger partial charge is 0.496 e. The van der Waals surface area contributed by atoms with Crippen LogP contribution in [0.3, 0.4) is 0 Å². The molecule has 0 aromatic heterocycles. The van der Waals surface area contributed by atoms with Gasteiger partial charge in [0.25, 0.3) is 0 Å². The van der Waals surface area contributed by atoms with Crippen molar-refractivity contribution in [1.29, 1.82) is 0 Å². The topological polar surface area (TPSA) is 46.1 Å². The summed E-state index contributed by atoms with van der Waals surface area (Å²) in [6.45, 7) is 6.20. The molecule has 0 amide bonds. The van der Waals surface area contributed by atoms with E-state index >= 15 is 0 Å². The zero-order valence-corrected chi connectivity index (χ0v) is 17.0. The molecule has 0 radical (unpaired) electrons. The van der Waals surface area contributed by atoms with Crippen LogP contribution in [0.1, 0.15) is 18.1 Å². The van der Waals surface area contributed by atoms with Gasteiger partial charge in [0.05, 0.1) is 41.8 Å². The summed E-state index contributed by atoms with van der Waals surface area (Å²) in [5.74, 6) is 0.885. The molecule has 3 rings (SSSR count). The van der Waals surface area contributed by atoms with E-state index in [0.29, 0.717) is 10.0 Å². The molecular weight excluding hydrogens is 385 g/mol. The van der Waals surface area contributed by atoms with Gasteiger partial charge < -0.3 is 9.47 Å². The number of hydrazone groups is 1. The van der Waals surface area contributed by atoms with Crippen LogP contribution in [0.25, 0.3) is 0 Å². The number of nitrogens with one attached hydrogen (secondary N) is 1. The smallest absolute Gasteiger partial charge is 0.123 e. The molecule has 0 bridgehead atoms. The minimum Gasteiger partial charge on any atom is -0.496 e. The summed E-state index contributed by atoms with van der Waals surface area (Å²) in [6, 6.07) is 11.5.